The second kappa shape index (κ2) is 17.8. The summed E-state index contributed by atoms with van der Waals surface area (Å²) in [4.78, 5) is 0. The monoisotopic (exact) mass is 530 g/mol. The molecule has 0 saturated heterocycles. The van der Waals surface area contributed by atoms with Gasteiger partial charge in [0.2, 0.25) is 0 Å². The molecule has 2 rings (SSSR count). The smallest absolute Gasteiger partial charge is 1.00 e. The van der Waals surface area contributed by atoms with E-state index in [1.165, 1.54) is 22.3 Å². The average Bonchev–Trinajstić information content (AvgIpc) is 2.58. The van der Waals surface area contributed by atoms with Crippen molar-refractivity contribution in [2.45, 2.75) is 54.4 Å². The molecule has 0 aliphatic carbocycles. The molecule has 0 spiro atoms. The Morgan fingerprint density at radius 2 is 0.963 bits per heavy atom. The molecule has 0 aliphatic rings. The predicted octanol–water partition coefficient (Wildman–Crippen LogP) is 1.44. The van der Waals surface area contributed by atoms with Gasteiger partial charge in [0.05, 0.1) is 0 Å². The summed E-state index contributed by atoms with van der Waals surface area (Å²) in [6, 6.07) is 12.5. The van der Waals surface area contributed by atoms with Gasteiger partial charge in [-0.2, -0.15) is 0 Å². The van der Waals surface area contributed by atoms with E-state index >= 15 is 0 Å². The Morgan fingerprint density at radius 3 is 1.26 bits per heavy atom. The van der Waals surface area contributed by atoms with Crippen LogP contribution in [0.1, 0.15) is 48.9 Å². The van der Waals surface area contributed by atoms with Crippen molar-refractivity contribution in [3.05, 3.63) is 69.3 Å². The number of nitrogens with zero attached hydrogens (tertiary/aromatic N) is 2. The predicted molar refractivity (Wildman–Crippen MR) is 108 cm³/mol. The third-order valence-electron chi connectivity index (χ3n) is 4.16. The van der Waals surface area contributed by atoms with Crippen molar-refractivity contribution in [2.75, 3.05) is 13.1 Å². The van der Waals surface area contributed by atoms with E-state index in [0.717, 1.165) is 37.3 Å². The van der Waals surface area contributed by atoms with Gasteiger partial charge in [0.15, 0.2) is 0 Å². The van der Waals surface area contributed by atoms with Gasteiger partial charge in [-0.1, -0.05) is 74.2 Å². The first-order valence-electron chi connectivity index (χ1n) is 8.98. The van der Waals surface area contributed by atoms with Crippen molar-refractivity contribution in [3.8, 4) is 0 Å². The minimum Gasteiger partial charge on any atom is -1.00 e. The summed E-state index contributed by atoms with van der Waals surface area (Å²) in [5.41, 5.74) is 7.57. The van der Waals surface area contributed by atoms with Crippen LogP contribution in [0.15, 0.2) is 36.4 Å². The zero-order valence-electron chi connectivity index (χ0n) is 17.4. The van der Waals surface area contributed by atoms with E-state index in [1.807, 2.05) is 0 Å². The van der Waals surface area contributed by atoms with Crippen molar-refractivity contribution in [3.63, 3.8) is 0 Å². The van der Waals surface area contributed by atoms with Crippen LogP contribution in [0.2, 0.25) is 0 Å². The number of aryl methyl sites for hydroxylation is 2. The second-order valence-electron chi connectivity index (χ2n) is 6.20. The third-order valence-corrected chi connectivity index (χ3v) is 4.16. The van der Waals surface area contributed by atoms with Gasteiger partial charge in [-0.15, -0.1) is 24.5 Å². The van der Waals surface area contributed by atoms with Crippen molar-refractivity contribution in [2.24, 2.45) is 0 Å². The minimum absolute atomic E-state index is 0. The van der Waals surface area contributed by atoms with E-state index < -0.39 is 0 Å². The molecule has 2 aromatic carbocycles. The maximum absolute atomic E-state index is 4.49. The van der Waals surface area contributed by atoms with Crippen LogP contribution in [0.4, 0.5) is 11.4 Å². The van der Waals surface area contributed by atoms with Gasteiger partial charge in [-0.3, -0.25) is 0 Å². The van der Waals surface area contributed by atoms with E-state index in [0.29, 0.717) is 0 Å². The Bertz CT molecular complexity index is 578. The summed E-state index contributed by atoms with van der Waals surface area (Å²) in [6.45, 7) is 14.7. The number of hydrogen-bond donors (Lipinski definition) is 0. The fraction of sp³-hybridized carbons (Fsp3) is 0.455. The quantitative estimate of drug-likeness (QED) is 0.505. The van der Waals surface area contributed by atoms with Gasteiger partial charge in [-0.05, 0) is 38.8 Å². The topological polar surface area (TPSA) is 28.2 Å². The van der Waals surface area contributed by atoms with Gasteiger partial charge in [0, 0.05) is 0 Å². The summed E-state index contributed by atoms with van der Waals surface area (Å²) in [7, 11) is 0. The second-order valence-corrected chi connectivity index (χ2v) is 6.20. The summed E-state index contributed by atoms with van der Waals surface area (Å²) in [6.07, 6.45) is 2.24. The van der Waals surface area contributed by atoms with Gasteiger partial charge in [0.25, 0.3) is 0 Å². The maximum atomic E-state index is 4.49. The van der Waals surface area contributed by atoms with Crippen molar-refractivity contribution < 1.29 is 55.7 Å². The molecule has 5 heteroatoms. The van der Waals surface area contributed by atoms with Crippen LogP contribution in [0, 0.1) is 27.7 Å². The molecule has 148 valence electrons. The molecule has 0 bridgehead atoms. The van der Waals surface area contributed by atoms with Gasteiger partial charge >= 0.3 is 21.7 Å². The number of benzene rings is 2. The Hall–Kier alpha value is -0.286. The van der Waals surface area contributed by atoms with Crippen LogP contribution < -0.4 is 34.0 Å². The fourth-order valence-electron chi connectivity index (χ4n) is 2.28. The standard InChI is InChI=1S/2C11H16N.2BrH.Ti/c2*1-4-8-12-11-7-5-6-9(2)10(11)3;;;/h2*5-7H,4,8H2,1-3H3;2*1H;/q2*-1;;;+4/p-2. The molecule has 0 heterocycles. The molecule has 0 unspecified atom stereocenters. The molecule has 0 aliphatic heterocycles. The molecule has 0 N–H and O–H groups in total. The van der Waals surface area contributed by atoms with E-state index in [2.05, 4.69) is 88.6 Å². The van der Waals surface area contributed by atoms with Crippen LogP contribution >= 0.6 is 0 Å². The van der Waals surface area contributed by atoms with Crippen LogP contribution in [0.25, 0.3) is 10.6 Å². The number of rotatable bonds is 6. The van der Waals surface area contributed by atoms with E-state index in [4.69, 9.17) is 0 Å². The summed E-state index contributed by atoms with van der Waals surface area (Å²) >= 11 is 0. The first-order chi connectivity index (χ1) is 11.5. The third kappa shape index (κ3) is 11.3. The van der Waals surface area contributed by atoms with E-state index in [9.17, 15) is 0 Å². The Kier molecular flexibility index (Phi) is 20.7. The van der Waals surface area contributed by atoms with E-state index in [-0.39, 0.29) is 55.7 Å². The van der Waals surface area contributed by atoms with Crippen molar-refractivity contribution in [1.29, 1.82) is 0 Å². The molecule has 0 atom stereocenters. The van der Waals surface area contributed by atoms with Crippen molar-refractivity contribution >= 4 is 11.4 Å². The zero-order valence-corrected chi connectivity index (χ0v) is 22.2. The van der Waals surface area contributed by atoms with Crippen LogP contribution in [-0.4, -0.2) is 13.1 Å². The summed E-state index contributed by atoms with van der Waals surface area (Å²) < 4.78 is 0. The van der Waals surface area contributed by atoms with Crippen LogP contribution in [-0.2, 0) is 21.7 Å². The Balaban J connectivity index is -0.000000384. The molecule has 0 amide bonds. The first-order valence-corrected chi connectivity index (χ1v) is 8.98. The SMILES string of the molecule is CCC[N-]c1cccc(C)c1C.CCC[N-]c1cccc(C)c1C.[Br-].[Br-].[Ti+4]. The molecule has 27 heavy (non-hydrogen) atoms. The molecule has 0 saturated carbocycles. The maximum Gasteiger partial charge on any atom is 4.00 e. The molecule has 0 fully saturated rings. The van der Waals surface area contributed by atoms with Crippen LogP contribution in [0.5, 0.6) is 0 Å². The Morgan fingerprint density at radius 1 is 0.630 bits per heavy atom. The van der Waals surface area contributed by atoms with Gasteiger partial charge < -0.3 is 44.6 Å². The zero-order chi connectivity index (χ0) is 17.9. The summed E-state index contributed by atoms with van der Waals surface area (Å²) in [5.74, 6) is 0. The normalized spacial score (nSPS) is 8.81. The van der Waals surface area contributed by atoms with Crippen molar-refractivity contribution in [1.82, 2.24) is 0 Å². The minimum atomic E-state index is 0. The largest absolute Gasteiger partial charge is 4.00 e. The molecular weight excluding hydrogens is 500 g/mol. The first kappa shape index (κ1) is 31.4. The molecular formula is C22H32Br2N2Ti. The molecule has 0 radical (unpaired) electrons. The number of hydrogen-bond acceptors (Lipinski definition) is 0. The Labute approximate surface area is 202 Å². The van der Waals surface area contributed by atoms with Gasteiger partial charge in [-0.25, -0.2) is 0 Å². The molecule has 2 nitrogen and oxygen atoms in total. The molecule has 0 aromatic heterocycles. The summed E-state index contributed by atoms with van der Waals surface area (Å²) in [5, 5.41) is 8.97. The molecule has 2 aromatic rings. The fourth-order valence-corrected chi connectivity index (χ4v) is 2.28. The number of halogens is 2. The average molecular weight is 532 g/mol. The van der Waals surface area contributed by atoms with E-state index in [1.54, 1.807) is 0 Å². The van der Waals surface area contributed by atoms with Crippen LogP contribution in [0.3, 0.4) is 0 Å². The van der Waals surface area contributed by atoms with Gasteiger partial charge in [0.1, 0.15) is 0 Å².